The van der Waals surface area contributed by atoms with E-state index in [9.17, 15) is 4.79 Å². The lowest BCUT2D eigenvalue weighted by Gasteiger charge is -2.21. The van der Waals surface area contributed by atoms with Crippen LogP contribution in [-0.4, -0.2) is 61.7 Å². The molecule has 10 nitrogen and oxygen atoms in total. The van der Waals surface area contributed by atoms with Gasteiger partial charge in [0, 0.05) is 50.4 Å². The third-order valence-electron chi connectivity index (χ3n) is 6.67. The highest BCUT2D eigenvalue weighted by Crippen LogP contribution is 2.58. The van der Waals surface area contributed by atoms with Gasteiger partial charge >= 0.3 is 0 Å². The molecule has 1 aromatic carbocycles. The van der Waals surface area contributed by atoms with Crippen LogP contribution in [0.4, 0.5) is 11.5 Å². The number of aromatic nitrogens is 5. The van der Waals surface area contributed by atoms with Crippen molar-refractivity contribution in [3.05, 3.63) is 48.1 Å². The first-order valence-corrected chi connectivity index (χ1v) is 11.5. The molecular weight excluding hydrogens is 440 g/mol. The Morgan fingerprint density at radius 1 is 1.36 bits per heavy atom. The fourth-order valence-corrected chi connectivity index (χ4v) is 5.51. The van der Waals surface area contributed by atoms with Crippen LogP contribution >= 0.6 is 11.5 Å². The van der Waals surface area contributed by atoms with Crippen molar-refractivity contribution in [3.8, 4) is 0 Å². The Morgan fingerprint density at radius 3 is 2.97 bits per heavy atom. The van der Waals surface area contributed by atoms with E-state index in [1.165, 1.54) is 32.2 Å². The molecule has 2 atom stereocenters. The molecule has 3 aromatic heterocycles. The van der Waals surface area contributed by atoms with Gasteiger partial charge in [-0.05, 0) is 48.3 Å². The summed E-state index contributed by atoms with van der Waals surface area (Å²) in [6.07, 6.45) is 3.47. The van der Waals surface area contributed by atoms with Gasteiger partial charge in [-0.3, -0.25) is 4.79 Å². The smallest absolute Gasteiger partial charge is 0.274 e. The monoisotopic (exact) mass is 462 g/mol. The van der Waals surface area contributed by atoms with Crippen LogP contribution in [0, 0.1) is 11.8 Å². The Bertz CT molecular complexity index is 1360. The molecule has 1 saturated carbocycles. The summed E-state index contributed by atoms with van der Waals surface area (Å²) in [5, 5.41) is 5.42. The second-order valence-electron chi connectivity index (χ2n) is 8.70. The van der Waals surface area contributed by atoms with Crippen molar-refractivity contribution in [2.24, 2.45) is 23.9 Å². The van der Waals surface area contributed by atoms with Gasteiger partial charge in [-0.2, -0.15) is 9.36 Å². The molecule has 11 heteroatoms. The molecule has 33 heavy (non-hydrogen) atoms. The number of benzene rings is 1. The maximum Gasteiger partial charge on any atom is 0.274 e. The van der Waals surface area contributed by atoms with E-state index in [-0.39, 0.29) is 12.5 Å². The zero-order valence-electron chi connectivity index (χ0n) is 18.2. The minimum Gasteiger partial charge on any atom is -0.371 e. The molecule has 1 amide bonds. The van der Waals surface area contributed by atoms with Crippen molar-refractivity contribution in [2.45, 2.75) is 12.5 Å². The van der Waals surface area contributed by atoms with Gasteiger partial charge in [-0.1, -0.05) is 5.16 Å². The van der Waals surface area contributed by atoms with E-state index in [2.05, 4.69) is 54.3 Å². The van der Waals surface area contributed by atoms with Crippen LogP contribution in [0.3, 0.4) is 0 Å². The number of carbonyl (C=O) groups excluding carboxylic acids is 1. The summed E-state index contributed by atoms with van der Waals surface area (Å²) in [4.78, 5) is 29.3. The molecule has 1 aliphatic heterocycles. The van der Waals surface area contributed by atoms with E-state index >= 15 is 0 Å². The third-order valence-corrected chi connectivity index (χ3v) is 7.45. The van der Waals surface area contributed by atoms with Gasteiger partial charge < -0.3 is 18.9 Å². The van der Waals surface area contributed by atoms with Crippen molar-refractivity contribution in [1.82, 2.24) is 29.0 Å². The van der Waals surface area contributed by atoms with E-state index in [1.54, 1.807) is 25.0 Å². The highest BCUT2D eigenvalue weighted by Gasteiger charge is 2.58. The van der Waals surface area contributed by atoms with Crippen LogP contribution < -0.4 is 4.90 Å². The van der Waals surface area contributed by atoms with Gasteiger partial charge in [0.1, 0.15) is 6.54 Å². The van der Waals surface area contributed by atoms with E-state index in [1.807, 2.05) is 6.20 Å². The van der Waals surface area contributed by atoms with Crippen molar-refractivity contribution >= 4 is 45.7 Å². The summed E-state index contributed by atoms with van der Waals surface area (Å²) in [5.74, 6) is 2.63. The Labute approximate surface area is 193 Å². The number of fused-ring (bicyclic) bond motifs is 2. The van der Waals surface area contributed by atoms with Crippen LogP contribution in [0.25, 0.3) is 10.1 Å². The van der Waals surface area contributed by atoms with Crippen molar-refractivity contribution in [3.63, 3.8) is 0 Å². The first kappa shape index (κ1) is 20.0. The fraction of sp³-hybridized carbons (Fsp3) is 0.364. The predicted molar refractivity (Wildman–Crippen MR) is 124 cm³/mol. The Balaban J connectivity index is 1.10. The van der Waals surface area contributed by atoms with Crippen LogP contribution in [-0.2, 0) is 13.6 Å². The summed E-state index contributed by atoms with van der Waals surface area (Å²) in [6, 6.07) is 6.54. The van der Waals surface area contributed by atoms with Crippen molar-refractivity contribution in [2.75, 3.05) is 25.0 Å². The van der Waals surface area contributed by atoms with Crippen LogP contribution in [0.5, 0.6) is 0 Å². The maximum atomic E-state index is 12.8. The number of imidazole rings is 1. The van der Waals surface area contributed by atoms with Gasteiger partial charge in [-0.15, -0.1) is 0 Å². The van der Waals surface area contributed by atoms with Crippen LogP contribution in [0.1, 0.15) is 28.1 Å². The first-order valence-electron chi connectivity index (χ1n) is 10.7. The largest absolute Gasteiger partial charge is 0.371 e. The number of rotatable bonds is 6. The second kappa shape index (κ2) is 7.48. The maximum absolute atomic E-state index is 12.8. The number of aliphatic imine (C=N–C) groups is 1. The Kier molecular flexibility index (Phi) is 4.54. The minimum atomic E-state index is -0.228. The van der Waals surface area contributed by atoms with Gasteiger partial charge in [0.25, 0.3) is 5.91 Å². The standard InChI is InChI=1S/C22H22N8O2S/c1-23-21-19(29(3)11-24-21)22(31)28(2)10-17-26-20(27-32-17)18-14-8-30(9-15(14)18)13-4-5-16-12(6-13)7-25-33-16/h4-7,11,14-15,18H,1,8-10H2,2-3H3. The Hall–Kier alpha value is -3.60. The summed E-state index contributed by atoms with van der Waals surface area (Å²) in [5.41, 5.74) is 1.62. The molecule has 2 fully saturated rings. The molecule has 4 aromatic rings. The van der Waals surface area contributed by atoms with Gasteiger partial charge in [0.05, 0.1) is 11.0 Å². The van der Waals surface area contributed by atoms with E-state index in [0.29, 0.717) is 35.2 Å². The molecule has 4 heterocycles. The topological polar surface area (TPSA) is 106 Å². The van der Waals surface area contributed by atoms with E-state index in [0.717, 1.165) is 18.9 Å². The van der Waals surface area contributed by atoms with E-state index in [4.69, 9.17) is 4.52 Å². The summed E-state index contributed by atoms with van der Waals surface area (Å²) < 4.78 is 12.6. The number of hydrogen-bond acceptors (Lipinski definition) is 9. The minimum absolute atomic E-state index is 0.219. The number of hydrogen-bond donors (Lipinski definition) is 0. The van der Waals surface area contributed by atoms with Gasteiger partial charge in [0.15, 0.2) is 17.3 Å². The molecule has 1 saturated heterocycles. The zero-order chi connectivity index (χ0) is 22.7. The average Bonchev–Trinajstić information content (AvgIpc) is 3.40. The fourth-order valence-electron chi connectivity index (χ4n) is 4.88. The highest BCUT2D eigenvalue weighted by molar-refractivity contribution is 7.13. The molecule has 168 valence electrons. The first-order chi connectivity index (χ1) is 16.0. The molecule has 0 spiro atoms. The lowest BCUT2D eigenvalue weighted by molar-refractivity contribution is 0.0761. The Morgan fingerprint density at radius 2 is 2.18 bits per heavy atom. The SMILES string of the molecule is C=Nc1ncn(C)c1C(=O)N(C)Cc1nc(C2C3CN(c4ccc5sncc5c4)CC32)no1. The number of aryl methyl sites for hydroxylation is 1. The molecule has 0 radical (unpaired) electrons. The van der Waals surface area contributed by atoms with Crippen molar-refractivity contribution < 1.29 is 9.32 Å². The quantitative estimate of drug-likeness (QED) is 0.406. The number of piperidine rings is 1. The normalized spacial score (nSPS) is 21.4. The third kappa shape index (κ3) is 3.30. The van der Waals surface area contributed by atoms with Crippen LogP contribution in [0.2, 0.25) is 0 Å². The summed E-state index contributed by atoms with van der Waals surface area (Å²) >= 11 is 1.52. The molecular formula is C22H22N8O2S. The lowest BCUT2D eigenvalue weighted by Crippen LogP contribution is -2.28. The number of amides is 1. The molecule has 2 unspecified atom stereocenters. The molecule has 0 N–H and O–H groups in total. The lowest BCUT2D eigenvalue weighted by atomic mass is 10.2. The molecule has 0 bridgehead atoms. The number of carbonyl (C=O) groups is 1. The molecule has 6 rings (SSSR count). The molecule has 2 aliphatic rings. The predicted octanol–water partition coefficient (Wildman–Crippen LogP) is 2.87. The van der Waals surface area contributed by atoms with E-state index < -0.39 is 0 Å². The zero-order valence-corrected chi connectivity index (χ0v) is 19.1. The van der Waals surface area contributed by atoms with Crippen LogP contribution in [0.15, 0.2) is 40.2 Å². The number of nitrogens with zero attached hydrogens (tertiary/aromatic N) is 8. The molecule has 1 aliphatic carbocycles. The second-order valence-corrected chi connectivity index (χ2v) is 9.53. The summed E-state index contributed by atoms with van der Waals surface area (Å²) in [7, 11) is 3.44. The number of anilines is 1. The summed E-state index contributed by atoms with van der Waals surface area (Å²) in [6.45, 7) is 5.67. The average molecular weight is 463 g/mol. The van der Waals surface area contributed by atoms with Gasteiger partial charge in [-0.25, -0.2) is 9.98 Å². The van der Waals surface area contributed by atoms with Gasteiger partial charge in [0.2, 0.25) is 5.89 Å². The van der Waals surface area contributed by atoms with Crippen molar-refractivity contribution in [1.29, 1.82) is 0 Å². The highest BCUT2D eigenvalue weighted by atomic mass is 32.1.